The number of nitrogens with zero attached hydrogens (tertiary/aromatic N) is 2. The van der Waals surface area contributed by atoms with Crippen molar-refractivity contribution >= 4 is 5.91 Å². The number of hydrogen-bond acceptors (Lipinski definition) is 1. The van der Waals surface area contributed by atoms with E-state index in [-0.39, 0.29) is 11.9 Å². The van der Waals surface area contributed by atoms with Crippen LogP contribution < -0.4 is 0 Å². The molecule has 3 heteroatoms. The van der Waals surface area contributed by atoms with E-state index in [0.717, 1.165) is 19.5 Å². The summed E-state index contributed by atoms with van der Waals surface area (Å²) in [4.78, 5) is 15.1. The van der Waals surface area contributed by atoms with Crippen molar-refractivity contribution in [2.75, 3.05) is 6.54 Å². The molecule has 0 aliphatic carbocycles. The molecule has 0 fully saturated rings. The molecule has 1 aliphatic heterocycles. The summed E-state index contributed by atoms with van der Waals surface area (Å²) >= 11 is 0. The van der Waals surface area contributed by atoms with Crippen LogP contribution in [-0.2, 0) is 17.8 Å². The van der Waals surface area contributed by atoms with Gasteiger partial charge in [-0.05, 0) is 29.7 Å². The Morgan fingerprint density at radius 1 is 0.880 bits per heavy atom. The summed E-state index contributed by atoms with van der Waals surface area (Å²) in [7, 11) is 0. The van der Waals surface area contributed by atoms with Crippen molar-refractivity contribution in [1.82, 2.24) is 9.47 Å². The lowest BCUT2D eigenvalue weighted by atomic mass is 9.99. The summed E-state index contributed by atoms with van der Waals surface area (Å²) in [5, 5.41) is 0. The van der Waals surface area contributed by atoms with Crippen molar-refractivity contribution in [3.63, 3.8) is 0 Å². The molecular formula is C22H22N2O. The maximum atomic E-state index is 13.0. The third-order valence-corrected chi connectivity index (χ3v) is 4.94. The highest BCUT2D eigenvalue weighted by Crippen LogP contribution is 2.32. The van der Waals surface area contributed by atoms with Gasteiger partial charge < -0.3 is 9.47 Å². The van der Waals surface area contributed by atoms with Crippen LogP contribution in [0.1, 0.15) is 29.3 Å². The normalized spacial score (nSPS) is 16.5. The van der Waals surface area contributed by atoms with Gasteiger partial charge in [0, 0.05) is 31.4 Å². The number of aryl methyl sites for hydroxylation is 1. The monoisotopic (exact) mass is 330 g/mol. The summed E-state index contributed by atoms with van der Waals surface area (Å²) in [6.45, 7) is 1.62. The minimum absolute atomic E-state index is 0.00761. The second kappa shape index (κ2) is 6.98. The van der Waals surface area contributed by atoms with Crippen LogP contribution in [-0.4, -0.2) is 21.9 Å². The molecule has 3 aromatic rings. The molecular weight excluding hydrogens is 308 g/mol. The first-order valence-corrected chi connectivity index (χ1v) is 8.86. The zero-order valence-electron chi connectivity index (χ0n) is 14.2. The van der Waals surface area contributed by atoms with Crippen LogP contribution in [0, 0.1) is 0 Å². The molecule has 0 spiro atoms. The van der Waals surface area contributed by atoms with E-state index in [0.29, 0.717) is 6.42 Å². The Kier molecular flexibility index (Phi) is 4.38. The van der Waals surface area contributed by atoms with E-state index in [9.17, 15) is 4.79 Å². The average molecular weight is 330 g/mol. The molecule has 1 atom stereocenters. The van der Waals surface area contributed by atoms with Gasteiger partial charge in [-0.1, -0.05) is 60.7 Å². The molecule has 4 rings (SSSR count). The van der Waals surface area contributed by atoms with E-state index in [1.54, 1.807) is 0 Å². The van der Waals surface area contributed by atoms with Gasteiger partial charge in [0.25, 0.3) is 0 Å². The average Bonchev–Trinajstić information content (AvgIpc) is 3.15. The van der Waals surface area contributed by atoms with Gasteiger partial charge in [0.2, 0.25) is 5.91 Å². The van der Waals surface area contributed by atoms with Crippen molar-refractivity contribution in [2.24, 2.45) is 0 Å². The van der Waals surface area contributed by atoms with E-state index >= 15 is 0 Å². The van der Waals surface area contributed by atoms with E-state index in [4.69, 9.17) is 0 Å². The summed E-state index contributed by atoms with van der Waals surface area (Å²) in [6.07, 6.45) is 3.45. The number of carbonyl (C=O) groups excluding carboxylic acids is 1. The molecule has 0 saturated heterocycles. The lowest BCUT2D eigenvalue weighted by Gasteiger charge is -2.37. The van der Waals surface area contributed by atoms with E-state index in [1.165, 1.54) is 16.8 Å². The van der Waals surface area contributed by atoms with Crippen LogP contribution in [0.5, 0.6) is 0 Å². The van der Waals surface area contributed by atoms with Crippen molar-refractivity contribution in [2.45, 2.75) is 25.4 Å². The number of carbonyl (C=O) groups is 1. The molecule has 2 aromatic carbocycles. The Labute approximate surface area is 148 Å². The third kappa shape index (κ3) is 3.22. The standard InChI is InChI=1S/C22H22N2O/c25-21(14-13-18-8-3-1-4-9-18)24-17-16-23-15-7-12-20(23)22(24)19-10-5-2-6-11-19/h1-12,15,22H,13-14,16-17H2. The predicted molar refractivity (Wildman–Crippen MR) is 99.2 cm³/mol. The first kappa shape index (κ1) is 15.7. The fourth-order valence-electron chi connectivity index (χ4n) is 3.68. The Bertz CT molecular complexity index is 839. The van der Waals surface area contributed by atoms with E-state index in [2.05, 4.69) is 47.2 Å². The minimum Gasteiger partial charge on any atom is -0.348 e. The summed E-state index contributed by atoms with van der Waals surface area (Å²) < 4.78 is 2.26. The third-order valence-electron chi connectivity index (χ3n) is 4.94. The van der Waals surface area contributed by atoms with Gasteiger partial charge in [0.05, 0.1) is 6.04 Å². The van der Waals surface area contributed by atoms with Gasteiger partial charge in [-0.25, -0.2) is 0 Å². The SMILES string of the molecule is O=C(CCc1ccccc1)N1CCn2cccc2C1c1ccccc1. The molecule has 2 heterocycles. The van der Waals surface area contributed by atoms with Gasteiger partial charge >= 0.3 is 0 Å². The fraction of sp³-hybridized carbons (Fsp3) is 0.227. The smallest absolute Gasteiger partial charge is 0.223 e. The lowest BCUT2D eigenvalue weighted by Crippen LogP contribution is -2.42. The van der Waals surface area contributed by atoms with Crippen LogP contribution in [0.2, 0.25) is 0 Å². The zero-order valence-corrected chi connectivity index (χ0v) is 14.2. The number of benzene rings is 2. The molecule has 0 N–H and O–H groups in total. The molecule has 0 saturated carbocycles. The topological polar surface area (TPSA) is 25.2 Å². The van der Waals surface area contributed by atoms with E-state index in [1.807, 2.05) is 41.3 Å². The Morgan fingerprint density at radius 3 is 2.36 bits per heavy atom. The second-order valence-electron chi connectivity index (χ2n) is 6.51. The second-order valence-corrected chi connectivity index (χ2v) is 6.51. The first-order valence-electron chi connectivity index (χ1n) is 8.86. The quantitative estimate of drug-likeness (QED) is 0.708. The van der Waals surface area contributed by atoms with Gasteiger partial charge in [-0.2, -0.15) is 0 Å². The molecule has 25 heavy (non-hydrogen) atoms. The van der Waals surface area contributed by atoms with Crippen molar-refractivity contribution < 1.29 is 4.79 Å². The van der Waals surface area contributed by atoms with Crippen LogP contribution in [0.4, 0.5) is 0 Å². The van der Waals surface area contributed by atoms with Crippen molar-refractivity contribution in [1.29, 1.82) is 0 Å². The molecule has 3 nitrogen and oxygen atoms in total. The van der Waals surface area contributed by atoms with E-state index < -0.39 is 0 Å². The zero-order chi connectivity index (χ0) is 17.1. The number of amides is 1. The van der Waals surface area contributed by atoms with Crippen molar-refractivity contribution in [3.05, 3.63) is 95.8 Å². The molecule has 1 unspecified atom stereocenters. The molecule has 1 aromatic heterocycles. The number of fused-ring (bicyclic) bond motifs is 1. The largest absolute Gasteiger partial charge is 0.348 e. The highest BCUT2D eigenvalue weighted by Gasteiger charge is 2.31. The maximum absolute atomic E-state index is 13.0. The van der Waals surface area contributed by atoms with Gasteiger partial charge in [0.1, 0.15) is 0 Å². The number of hydrogen-bond donors (Lipinski definition) is 0. The molecule has 126 valence electrons. The first-order chi connectivity index (χ1) is 12.3. The lowest BCUT2D eigenvalue weighted by molar-refractivity contribution is -0.133. The minimum atomic E-state index is 0.00761. The molecule has 1 amide bonds. The highest BCUT2D eigenvalue weighted by molar-refractivity contribution is 5.77. The van der Waals surface area contributed by atoms with Crippen LogP contribution in [0.25, 0.3) is 0 Å². The number of aromatic nitrogens is 1. The fourth-order valence-corrected chi connectivity index (χ4v) is 3.68. The Morgan fingerprint density at radius 2 is 1.60 bits per heavy atom. The Hall–Kier alpha value is -2.81. The highest BCUT2D eigenvalue weighted by atomic mass is 16.2. The number of rotatable bonds is 4. The molecule has 0 radical (unpaired) electrons. The Balaban J connectivity index is 1.58. The summed E-state index contributed by atoms with van der Waals surface area (Å²) in [6, 6.07) is 24.8. The van der Waals surface area contributed by atoms with Crippen LogP contribution in [0.3, 0.4) is 0 Å². The van der Waals surface area contributed by atoms with Crippen molar-refractivity contribution in [3.8, 4) is 0 Å². The van der Waals surface area contributed by atoms with Gasteiger partial charge in [0.15, 0.2) is 0 Å². The summed E-state index contributed by atoms with van der Waals surface area (Å²) in [5.41, 5.74) is 3.59. The van der Waals surface area contributed by atoms with Gasteiger partial charge in [-0.3, -0.25) is 4.79 Å². The van der Waals surface area contributed by atoms with Crippen LogP contribution >= 0.6 is 0 Å². The molecule has 0 bridgehead atoms. The summed E-state index contributed by atoms with van der Waals surface area (Å²) in [5.74, 6) is 0.227. The van der Waals surface area contributed by atoms with Gasteiger partial charge in [-0.15, -0.1) is 0 Å². The van der Waals surface area contributed by atoms with Crippen LogP contribution in [0.15, 0.2) is 79.0 Å². The maximum Gasteiger partial charge on any atom is 0.223 e. The molecule has 1 aliphatic rings. The predicted octanol–water partition coefficient (Wildman–Crippen LogP) is 4.05.